The van der Waals surface area contributed by atoms with E-state index in [2.05, 4.69) is 22.1 Å². The standard InChI is InChI=1S/C16H27N3OS/c1-2-18-15(11-14-12-17-13-21-14)16(5-3-4-6-16)19-7-9-20-10-8-19/h12-13,15,18H,2-11H2,1H3. The molecule has 0 aromatic carbocycles. The van der Waals surface area contributed by atoms with Crippen LogP contribution < -0.4 is 5.32 Å². The van der Waals surface area contributed by atoms with Crippen molar-refractivity contribution >= 4 is 11.3 Å². The highest BCUT2D eigenvalue weighted by Crippen LogP contribution is 2.40. The van der Waals surface area contributed by atoms with Crippen molar-refractivity contribution < 1.29 is 4.74 Å². The summed E-state index contributed by atoms with van der Waals surface area (Å²) in [5.74, 6) is 0. The Morgan fingerprint density at radius 3 is 2.76 bits per heavy atom. The third-order valence-electron chi connectivity index (χ3n) is 5.10. The zero-order valence-electron chi connectivity index (χ0n) is 13.0. The molecule has 1 unspecified atom stereocenters. The van der Waals surface area contributed by atoms with Crippen molar-refractivity contribution in [3.05, 3.63) is 16.6 Å². The van der Waals surface area contributed by atoms with E-state index in [0.29, 0.717) is 11.6 Å². The number of ether oxygens (including phenoxy) is 1. The largest absolute Gasteiger partial charge is 0.379 e. The lowest BCUT2D eigenvalue weighted by atomic mass is 9.83. The molecule has 1 aliphatic heterocycles. The highest BCUT2D eigenvalue weighted by molar-refractivity contribution is 7.09. The summed E-state index contributed by atoms with van der Waals surface area (Å²) in [6.45, 7) is 7.22. The molecule has 21 heavy (non-hydrogen) atoms. The van der Waals surface area contributed by atoms with Gasteiger partial charge in [-0.05, 0) is 19.4 Å². The minimum atomic E-state index is 0.323. The van der Waals surface area contributed by atoms with Crippen LogP contribution in [0, 0.1) is 0 Å². The van der Waals surface area contributed by atoms with Crippen molar-refractivity contribution in [2.45, 2.75) is 50.6 Å². The highest BCUT2D eigenvalue weighted by Gasteiger charge is 2.45. The summed E-state index contributed by atoms with van der Waals surface area (Å²) in [6.07, 6.45) is 8.52. The van der Waals surface area contributed by atoms with Crippen molar-refractivity contribution in [3.8, 4) is 0 Å². The third kappa shape index (κ3) is 3.31. The predicted molar refractivity (Wildman–Crippen MR) is 86.9 cm³/mol. The Kier molecular flexibility index (Phi) is 5.27. The molecule has 118 valence electrons. The van der Waals surface area contributed by atoms with E-state index in [0.717, 1.165) is 39.3 Å². The summed E-state index contributed by atoms with van der Waals surface area (Å²) in [5.41, 5.74) is 2.28. The fraction of sp³-hybridized carbons (Fsp3) is 0.812. The molecular formula is C16H27N3OS. The Morgan fingerprint density at radius 2 is 2.14 bits per heavy atom. The van der Waals surface area contributed by atoms with Gasteiger partial charge in [0, 0.05) is 42.2 Å². The van der Waals surface area contributed by atoms with E-state index in [1.54, 1.807) is 11.3 Å². The second kappa shape index (κ2) is 7.18. The molecule has 0 bridgehead atoms. The van der Waals surface area contributed by atoms with E-state index in [1.165, 1.54) is 30.6 Å². The second-order valence-corrected chi connectivity index (χ2v) is 7.16. The molecule has 2 aliphatic rings. The average molecular weight is 309 g/mol. The number of nitrogens with zero attached hydrogens (tertiary/aromatic N) is 2. The van der Waals surface area contributed by atoms with Crippen LogP contribution >= 0.6 is 11.3 Å². The molecule has 2 fully saturated rings. The van der Waals surface area contributed by atoms with Crippen LogP contribution in [0.15, 0.2) is 11.7 Å². The first-order valence-corrected chi connectivity index (χ1v) is 9.16. The molecule has 1 aromatic heterocycles. The summed E-state index contributed by atoms with van der Waals surface area (Å²) in [5, 5.41) is 3.80. The molecule has 0 spiro atoms. The quantitative estimate of drug-likeness (QED) is 0.875. The maximum absolute atomic E-state index is 5.58. The fourth-order valence-electron chi connectivity index (χ4n) is 4.12. The second-order valence-electron chi connectivity index (χ2n) is 6.19. The van der Waals surface area contributed by atoms with Crippen molar-refractivity contribution in [1.82, 2.24) is 15.2 Å². The van der Waals surface area contributed by atoms with Gasteiger partial charge >= 0.3 is 0 Å². The molecule has 1 saturated carbocycles. The van der Waals surface area contributed by atoms with Gasteiger partial charge in [0.15, 0.2) is 0 Å². The lowest BCUT2D eigenvalue weighted by Crippen LogP contribution is -2.63. The van der Waals surface area contributed by atoms with E-state index in [1.807, 2.05) is 11.7 Å². The Hall–Kier alpha value is -0.490. The number of morpholine rings is 1. The lowest BCUT2D eigenvalue weighted by molar-refractivity contribution is -0.0354. The molecule has 1 saturated heterocycles. The monoisotopic (exact) mass is 309 g/mol. The van der Waals surface area contributed by atoms with Crippen LogP contribution in [0.25, 0.3) is 0 Å². The van der Waals surface area contributed by atoms with E-state index >= 15 is 0 Å². The topological polar surface area (TPSA) is 37.4 Å². The van der Waals surface area contributed by atoms with Crippen molar-refractivity contribution in [1.29, 1.82) is 0 Å². The zero-order chi connectivity index (χ0) is 14.5. The van der Waals surface area contributed by atoms with Crippen molar-refractivity contribution in [3.63, 3.8) is 0 Å². The minimum Gasteiger partial charge on any atom is -0.379 e. The van der Waals surface area contributed by atoms with Gasteiger partial charge in [-0.2, -0.15) is 0 Å². The first kappa shape index (κ1) is 15.4. The van der Waals surface area contributed by atoms with E-state index in [4.69, 9.17) is 4.74 Å². The van der Waals surface area contributed by atoms with Crippen LogP contribution in [0.3, 0.4) is 0 Å². The van der Waals surface area contributed by atoms with Gasteiger partial charge in [0.1, 0.15) is 0 Å². The first-order valence-electron chi connectivity index (χ1n) is 8.29. The predicted octanol–water partition coefficient (Wildman–Crippen LogP) is 2.31. The molecule has 0 amide bonds. The van der Waals surface area contributed by atoms with Crippen molar-refractivity contribution in [2.75, 3.05) is 32.8 Å². The van der Waals surface area contributed by atoms with Gasteiger partial charge in [0.05, 0.1) is 18.7 Å². The number of aromatic nitrogens is 1. The number of nitrogens with one attached hydrogen (secondary N) is 1. The maximum Gasteiger partial charge on any atom is 0.0794 e. The SMILES string of the molecule is CCNC(Cc1cncs1)C1(N2CCOCC2)CCCC1. The molecule has 5 heteroatoms. The lowest BCUT2D eigenvalue weighted by Gasteiger charge is -2.48. The highest BCUT2D eigenvalue weighted by atomic mass is 32.1. The number of thiazole rings is 1. The molecule has 1 N–H and O–H groups in total. The molecule has 4 nitrogen and oxygen atoms in total. The summed E-state index contributed by atoms with van der Waals surface area (Å²) >= 11 is 1.79. The Labute approximate surface area is 131 Å². The smallest absolute Gasteiger partial charge is 0.0794 e. The zero-order valence-corrected chi connectivity index (χ0v) is 13.8. The number of likely N-dealkylation sites (N-methyl/N-ethyl adjacent to an activating group) is 1. The summed E-state index contributed by atoms with van der Waals surface area (Å²) in [6, 6.07) is 0.531. The molecule has 0 radical (unpaired) electrons. The number of hydrogen-bond acceptors (Lipinski definition) is 5. The summed E-state index contributed by atoms with van der Waals surface area (Å²) in [7, 11) is 0. The van der Waals surface area contributed by atoms with Crippen LogP contribution in [0.2, 0.25) is 0 Å². The van der Waals surface area contributed by atoms with E-state index in [-0.39, 0.29) is 0 Å². The van der Waals surface area contributed by atoms with Crippen LogP contribution in [0.1, 0.15) is 37.5 Å². The summed E-state index contributed by atoms with van der Waals surface area (Å²) in [4.78, 5) is 8.38. The maximum atomic E-state index is 5.58. The van der Waals surface area contributed by atoms with E-state index in [9.17, 15) is 0 Å². The van der Waals surface area contributed by atoms with Crippen LogP contribution in [0.5, 0.6) is 0 Å². The third-order valence-corrected chi connectivity index (χ3v) is 5.90. The molecule has 1 aliphatic carbocycles. The molecule has 2 heterocycles. The van der Waals surface area contributed by atoms with Gasteiger partial charge in [-0.15, -0.1) is 11.3 Å². The van der Waals surface area contributed by atoms with Crippen LogP contribution in [-0.2, 0) is 11.2 Å². The van der Waals surface area contributed by atoms with Gasteiger partial charge in [0.2, 0.25) is 0 Å². The first-order chi connectivity index (χ1) is 10.3. The number of rotatable bonds is 6. The van der Waals surface area contributed by atoms with E-state index < -0.39 is 0 Å². The van der Waals surface area contributed by atoms with Gasteiger partial charge in [-0.3, -0.25) is 9.88 Å². The van der Waals surface area contributed by atoms with Gasteiger partial charge in [-0.1, -0.05) is 19.8 Å². The van der Waals surface area contributed by atoms with Crippen LogP contribution in [-0.4, -0.2) is 54.3 Å². The Morgan fingerprint density at radius 1 is 1.38 bits per heavy atom. The minimum absolute atomic E-state index is 0.323. The normalized spacial score (nSPS) is 24.2. The Balaban J connectivity index is 1.81. The van der Waals surface area contributed by atoms with Gasteiger partial charge in [-0.25, -0.2) is 0 Å². The van der Waals surface area contributed by atoms with Crippen LogP contribution in [0.4, 0.5) is 0 Å². The molecular weight excluding hydrogens is 282 g/mol. The summed E-state index contributed by atoms with van der Waals surface area (Å²) < 4.78 is 5.58. The molecule has 1 aromatic rings. The fourth-order valence-corrected chi connectivity index (χ4v) is 4.77. The van der Waals surface area contributed by atoms with Crippen molar-refractivity contribution in [2.24, 2.45) is 0 Å². The van der Waals surface area contributed by atoms with Gasteiger partial charge in [0.25, 0.3) is 0 Å². The molecule has 1 atom stereocenters. The van der Waals surface area contributed by atoms with Gasteiger partial charge < -0.3 is 10.1 Å². The number of hydrogen-bond donors (Lipinski definition) is 1. The average Bonchev–Trinajstić information content (AvgIpc) is 3.20. The Bertz CT molecular complexity index is 411. The molecule has 3 rings (SSSR count).